The van der Waals surface area contributed by atoms with E-state index >= 15 is 0 Å². The number of carbonyl (C=O) groups is 2. The van der Waals surface area contributed by atoms with Gasteiger partial charge in [0.2, 0.25) is 0 Å². The van der Waals surface area contributed by atoms with E-state index in [1.807, 2.05) is 0 Å². The van der Waals surface area contributed by atoms with Crippen LogP contribution in [0.5, 0.6) is 0 Å². The fourth-order valence-corrected chi connectivity index (χ4v) is 2.72. The number of carbonyl (C=O) groups excluding carboxylic acids is 2. The molecule has 0 aromatic heterocycles. The quantitative estimate of drug-likeness (QED) is 0.855. The zero-order valence-electron chi connectivity index (χ0n) is 10.6. The molecule has 0 saturated carbocycles. The predicted molar refractivity (Wildman–Crippen MR) is 73.7 cm³/mol. The van der Waals surface area contributed by atoms with Crippen LogP contribution in [0.3, 0.4) is 0 Å². The van der Waals surface area contributed by atoms with Gasteiger partial charge in [0.25, 0.3) is 0 Å². The van der Waals surface area contributed by atoms with Crippen LogP contribution in [-0.4, -0.2) is 36.1 Å². The fourth-order valence-electron chi connectivity index (χ4n) is 2.20. The van der Waals surface area contributed by atoms with Crippen LogP contribution in [0.15, 0.2) is 22.7 Å². The molecule has 2 N–H and O–H groups in total. The fraction of sp³-hybridized carbons (Fsp3) is 0.385. The monoisotopic (exact) mass is 344 g/mol. The first-order valence-electron chi connectivity index (χ1n) is 6.17. The highest BCUT2D eigenvalue weighted by atomic mass is 79.9. The molecule has 1 aliphatic heterocycles. The zero-order chi connectivity index (χ0) is 14.7. The van der Waals surface area contributed by atoms with Gasteiger partial charge in [-0.3, -0.25) is 0 Å². The maximum atomic E-state index is 12.9. The van der Waals surface area contributed by atoms with Gasteiger partial charge >= 0.3 is 12.0 Å². The zero-order valence-corrected chi connectivity index (χ0v) is 12.2. The van der Waals surface area contributed by atoms with Gasteiger partial charge in [0.1, 0.15) is 12.4 Å². The lowest BCUT2D eigenvalue weighted by Gasteiger charge is -2.22. The molecule has 1 saturated heterocycles. The van der Waals surface area contributed by atoms with Gasteiger partial charge in [0.05, 0.1) is 11.6 Å². The summed E-state index contributed by atoms with van der Waals surface area (Å²) in [6, 6.07) is 3.04. The maximum Gasteiger partial charge on any atom is 0.339 e. The van der Waals surface area contributed by atoms with Crippen LogP contribution < -0.4 is 5.73 Å². The molecule has 0 bridgehead atoms. The molecule has 7 heteroatoms. The van der Waals surface area contributed by atoms with Gasteiger partial charge in [-0.2, -0.15) is 0 Å². The smallest absolute Gasteiger partial charge is 0.339 e. The minimum absolute atomic E-state index is 0.0889. The molecule has 1 aromatic rings. The Bertz CT molecular complexity index is 538. The van der Waals surface area contributed by atoms with Crippen molar-refractivity contribution in [1.82, 2.24) is 4.90 Å². The average Bonchev–Trinajstić information content (AvgIpc) is 2.84. The van der Waals surface area contributed by atoms with Crippen molar-refractivity contribution in [1.29, 1.82) is 0 Å². The number of nitrogens with zero attached hydrogens (tertiary/aromatic N) is 1. The summed E-state index contributed by atoms with van der Waals surface area (Å²) in [5.74, 6) is -1.00. The van der Waals surface area contributed by atoms with E-state index in [2.05, 4.69) is 15.9 Å². The van der Waals surface area contributed by atoms with E-state index in [9.17, 15) is 14.0 Å². The summed E-state index contributed by atoms with van der Waals surface area (Å²) >= 11 is 3.11. The van der Waals surface area contributed by atoms with Crippen molar-refractivity contribution in [3.63, 3.8) is 0 Å². The Morgan fingerprint density at radius 1 is 1.50 bits per heavy atom. The number of ether oxygens (including phenoxy) is 1. The number of amides is 2. The molecule has 0 aliphatic carbocycles. The van der Waals surface area contributed by atoms with Gasteiger partial charge in [0, 0.05) is 11.0 Å². The topological polar surface area (TPSA) is 72.6 Å². The van der Waals surface area contributed by atoms with Gasteiger partial charge < -0.3 is 15.4 Å². The number of halogens is 2. The minimum atomic E-state index is -0.562. The number of urea groups is 1. The molecule has 0 unspecified atom stereocenters. The van der Waals surface area contributed by atoms with Crippen molar-refractivity contribution >= 4 is 27.9 Å². The van der Waals surface area contributed by atoms with Crippen LogP contribution in [0.25, 0.3) is 0 Å². The SMILES string of the molecule is NC(=O)N1CCC[C@@H]1COC(=O)c1ccc(F)cc1Br. The first-order chi connectivity index (χ1) is 9.49. The highest BCUT2D eigenvalue weighted by Crippen LogP contribution is 2.21. The molecule has 2 amide bonds. The molecule has 1 aliphatic rings. The second-order valence-electron chi connectivity index (χ2n) is 4.55. The predicted octanol–water partition coefficient (Wildman–Crippen LogP) is 2.29. The molecule has 108 valence electrons. The molecule has 1 fully saturated rings. The van der Waals surface area contributed by atoms with Crippen molar-refractivity contribution in [2.75, 3.05) is 13.2 Å². The van der Waals surface area contributed by atoms with E-state index in [0.29, 0.717) is 11.0 Å². The van der Waals surface area contributed by atoms with E-state index in [-0.39, 0.29) is 18.2 Å². The number of likely N-dealkylation sites (tertiary alicyclic amines) is 1. The van der Waals surface area contributed by atoms with E-state index in [1.54, 1.807) is 0 Å². The van der Waals surface area contributed by atoms with E-state index in [4.69, 9.17) is 10.5 Å². The molecule has 20 heavy (non-hydrogen) atoms. The van der Waals surface area contributed by atoms with Crippen LogP contribution in [0, 0.1) is 5.82 Å². The van der Waals surface area contributed by atoms with Crippen LogP contribution in [0.1, 0.15) is 23.2 Å². The second kappa shape index (κ2) is 6.21. The molecule has 2 rings (SSSR count). The Morgan fingerprint density at radius 3 is 2.90 bits per heavy atom. The summed E-state index contributed by atoms with van der Waals surface area (Å²) in [5.41, 5.74) is 5.49. The number of benzene rings is 1. The van der Waals surface area contributed by atoms with E-state index in [1.165, 1.54) is 23.1 Å². The molecule has 1 atom stereocenters. The Morgan fingerprint density at radius 2 is 2.25 bits per heavy atom. The van der Waals surface area contributed by atoms with Gasteiger partial charge in [0.15, 0.2) is 0 Å². The first kappa shape index (κ1) is 14.8. The lowest BCUT2D eigenvalue weighted by molar-refractivity contribution is 0.0421. The molecule has 1 aromatic carbocycles. The number of nitrogens with two attached hydrogens (primary N) is 1. The highest BCUT2D eigenvalue weighted by Gasteiger charge is 2.28. The summed E-state index contributed by atoms with van der Waals surface area (Å²) in [5, 5.41) is 0. The van der Waals surface area contributed by atoms with Gasteiger partial charge in [-0.25, -0.2) is 14.0 Å². The largest absolute Gasteiger partial charge is 0.460 e. The summed E-state index contributed by atoms with van der Waals surface area (Å²) in [6.07, 6.45) is 1.59. The number of rotatable bonds is 3. The summed E-state index contributed by atoms with van der Waals surface area (Å²) in [7, 11) is 0. The average molecular weight is 345 g/mol. The molecule has 5 nitrogen and oxygen atoms in total. The Hall–Kier alpha value is -1.63. The Balaban J connectivity index is 1.97. The third-order valence-corrected chi connectivity index (χ3v) is 3.87. The van der Waals surface area contributed by atoms with Gasteiger partial charge in [-0.05, 0) is 47.0 Å². The van der Waals surface area contributed by atoms with Crippen molar-refractivity contribution in [2.45, 2.75) is 18.9 Å². The number of hydrogen-bond acceptors (Lipinski definition) is 3. The maximum absolute atomic E-state index is 12.9. The highest BCUT2D eigenvalue weighted by molar-refractivity contribution is 9.10. The standard InChI is InChI=1S/C13H14BrFN2O3/c14-11-6-8(15)3-4-10(11)12(18)20-7-9-2-1-5-17(9)13(16)19/h3-4,6,9H,1-2,5,7H2,(H2,16,19)/t9-/m1/s1. The Kier molecular flexibility index (Phi) is 4.59. The summed E-state index contributed by atoms with van der Waals surface area (Å²) in [6.45, 7) is 0.670. The van der Waals surface area contributed by atoms with Crippen molar-refractivity contribution in [2.24, 2.45) is 5.73 Å². The van der Waals surface area contributed by atoms with Crippen molar-refractivity contribution in [3.8, 4) is 0 Å². The minimum Gasteiger partial charge on any atom is -0.460 e. The summed E-state index contributed by atoms with van der Waals surface area (Å²) < 4.78 is 18.4. The summed E-state index contributed by atoms with van der Waals surface area (Å²) in [4.78, 5) is 24.6. The lowest BCUT2D eigenvalue weighted by Crippen LogP contribution is -2.42. The number of esters is 1. The van der Waals surface area contributed by atoms with Crippen LogP contribution >= 0.6 is 15.9 Å². The van der Waals surface area contributed by atoms with E-state index < -0.39 is 17.8 Å². The van der Waals surface area contributed by atoms with Crippen molar-refractivity contribution in [3.05, 3.63) is 34.1 Å². The first-order valence-corrected chi connectivity index (χ1v) is 6.96. The third-order valence-electron chi connectivity index (χ3n) is 3.22. The number of hydrogen-bond donors (Lipinski definition) is 1. The molecular formula is C13H14BrFN2O3. The second-order valence-corrected chi connectivity index (χ2v) is 5.40. The van der Waals surface area contributed by atoms with Gasteiger partial charge in [-0.15, -0.1) is 0 Å². The van der Waals surface area contributed by atoms with Crippen LogP contribution in [-0.2, 0) is 4.74 Å². The molecular weight excluding hydrogens is 331 g/mol. The van der Waals surface area contributed by atoms with Crippen LogP contribution in [0.4, 0.5) is 9.18 Å². The van der Waals surface area contributed by atoms with Crippen molar-refractivity contribution < 1.29 is 18.7 Å². The molecule has 0 radical (unpaired) electrons. The normalized spacial score (nSPS) is 18.1. The van der Waals surface area contributed by atoms with Gasteiger partial charge in [-0.1, -0.05) is 0 Å². The Labute approximate surface area is 124 Å². The van der Waals surface area contributed by atoms with Crippen LogP contribution in [0.2, 0.25) is 0 Å². The molecule has 0 spiro atoms. The third kappa shape index (κ3) is 3.27. The van der Waals surface area contributed by atoms with E-state index in [0.717, 1.165) is 12.8 Å². The lowest BCUT2D eigenvalue weighted by atomic mass is 10.2. The number of primary amides is 1. The molecule has 1 heterocycles.